The van der Waals surface area contributed by atoms with E-state index in [2.05, 4.69) is 45.6 Å². The lowest BCUT2D eigenvalue weighted by atomic mass is 10.0. The van der Waals surface area contributed by atoms with Crippen LogP contribution >= 0.6 is 0 Å². The Balaban J connectivity index is 1.43. The van der Waals surface area contributed by atoms with Crippen LogP contribution in [0, 0.1) is 0 Å². The van der Waals surface area contributed by atoms with Gasteiger partial charge in [0.15, 0.2) is 0 Å². The minimum atomic E-state index is 0.0450. The van der Waals surface area contributed by atoms with Crippen molar-refractivity contribution in [2.75, 3.05) is 19.6 Å². The summed E-state index contributed by atoms with van der Waals surface area (Å²) in [6.07, 6.45) is 6.77. The van der Waals surface area contributed by atoms with Gasteiger partial charge >= 0.3 is 0 Å². The maximum Gasteiger partial charge on any atom is 0.241 e. The molecular formula is C18H24N4O. The van der Waals surface area contributed by atoms with Crippen LogP contribution < -0.4 is 5.32 Å². The first-order chi connectivity index (χ1) is 11.3. The molecule has 5 nitrogen and oxygen atoms in total. The number of aromatic nitrogens is 2. The van der Waals surface area contributed by atoms with Crippen molar-refractivity contribution < 1.29 is 4.79 Å². The number of hydrogen-bond donors (Lipinski definition) is 1. The van der Waals surface area contributed by atoms with Crippen LogP contribution in [0.1, 0.15) is 18.4 Å². The SMILES string of the molecule is O=C(Cn1cccn1)NC1CCCN(CCc2ccccc2)C1. The van der Waals surface area contributed by atoms with Gasteiger partial charge in [0.25, 0.3) is 0 Å². The van der Waals surface area contributed by atoms with Gasteiger partial charge in [0, 0.05) is 31.5 Å². The molecule has 3 rings (SSSR count). The lowest BCUT2D eigenvalue weighted by molar-refractivity contribution is -0.122. The molecule has 1 aromatic heterocycles. The predicted molar refractivity (Wildman–Crippen MR) is 90.0 cm³/mol. The first-order valence-corrected chi connectivity index (χ1v) is 8.33. The molecule has 1 fully saturated rings. The summed E-state index contributed by atoms with van der Waals surface area (Å²) in [5.74, 6) is 0.0450. The molecule has 5 heteroatoms. The Morgan fingerprint density at radius 2 is 2.13 bits per heavy atom. The van der Waals surface area contributed by atoms with Gasteiger partial charge in [-0.3, -0.25) is 9.48 Å². The summed E-state index contributed by atoms with van der Waals surface area (Å²) in [4.78, 5) is 14.5. The molecule has 2 heterocycles. The second kappa shape index (κ2) is 7.92. The standard InChI is InChI=1S/C18H24N4O/c23-18(15-22-12-5-10-19-22)20-17-8-4-11-21(14-17)13-9-16-6-2-1-3-7-16/h1-3,5-7,10,12,17H,4,8-9,11,13-15H2,(H,20,23). The van der Waals surface area contributed by atoms with E-state index < -0.39 is 0 Å². The van der Waals surface area contributed by atoms with E-state index in [0.717, 1.165) is 38.9 Å². The van der Waals surface area contributed by atoms with Gasteiger partial charge in [-0.05, 0) is 37.4 Å². The van der Waals surface area contributed by atoms with Crippen molar-refractivity contribution in [3.8, 4) is 0 Å². The highest BCUT2D eigenvalue weighted by atomic mass is 16.2. The van der Waals surface area contributed by atoms with Gasteiger partial charge < -0.3 is 10.2 Å². The van der Waals surface area contributed by atoms with E-state index in [4.69, 9.17) is 0 Å². The Morgan fingerprint density at radius 1 is 1.26 bits per heavy atom. The van der Waals surface area contributed by atoms with Crippen molar-refractivity contribution in [2.45, 2.75) is 31.8 Å². The van der Waals surface area contributed by atoms with Crippen LogP contribution in [0.4, 0.5) is 0 Å². The Morgan fingerprint density at radius 3 is 2.91 bits per heavy atom. The van der Waals surface area contributed by atoms with Crippen molar-refractivity contribution in [3.63, 3.8) is 0 Å². The lowest BCUT2D eigenvalue weighted by Gasteiger charge is -2.33. The van der Waals surface area contributed by atoms with E-state index >= 15 is 0 Å². The second-order valence-corrected chi connectivity index (χ2v) is 6.15. The van der Waals surface area contributed by atoms with Crippen LogP contribution in [0.15, 0.2) is 48.8 Å². The largest absolute Gasteiger partial charge is 0.350 e. The summed E-state index contributed by atoms with van der Waals surface area (Å²) >= 11 is 0. The molecule has 1 aliphatic heterocycles. The van der Waals surface area contributed by atoms with Gasteiger partial charge in [0.1, 0.15) is 6.54 Å². The van der Waals surface area contributed by atoms with Gasteiger partial charge in [-0.25, -0.2) is 0 Å². The third kappa shape index (κ3) is 4.93. The number of likely N-dealkylation sites (tertiary alicyclic amines) is 1. The molecule has 0 spiro atoms. The molecule has 122 valence electrons. The van der Waals surface area contributed by atoms with Gasteiger partial charge in [0.05, 0.1) is 0 Å². The van der Waals surface area contributed by atoms with E-state index in [1.54, 1.807) is 10.9 Å². The molecule has 0 saturated carbocycles. The fourth-order valence-electron chi connectivity index (χ4n) is 3.12. The lowest BCUT2D eigenvalue weighted by Crippen LogP contribution is -2.48. The first-order valence-electron chi connectivity index (χ1n) is 8.33. The monoisotopic (exact) mass is 312 g/mol. The number of benzene rings is 1. The summed E-state index contributed by atoms with van der Waals surface area (Å²) in [5, 5.41) is 7.22. The molecule has 0 bridgehead atoms. The van der Waals surface area contributed by atoms with Crippen LogP contribution in [0.25, 0.3) is 0 Å². The average molecular weight is 312 g/mol. The van der Waals surface area contributed by atoms with Crippen molar-refractivity contribution in [1.29, 1.82) is 0 Å². The number of carbonyl (C=O) groups excluding carboxylic acids is 1. The fourth-order valence-corrected chi connectivity index (χ4v) is 3.12. The smallest absolute Gasteiger partial charge is 0.241 e. The number of carbonyl (C=O) groups is 1. The highest BCUT2D eigenvalue weighted by Crippen LogP contribution is 2.11. The number of rotatable bonds is 6. The predicted octanol–water partition coefficient (Wildman–Crippen LogP) is 1.71. The minimum Gasteiger partial charge on any atom is -0.350 e. The summed E-state index contributed by atoms with van der Waals surface area (Å²) in [7, 11) is 0. The Labute approximate surface area is 137 Å². The Bertz CT molecular complexity index is 597. The minimum absolute atomic E-state index is 0.0450. The quantitative estimate of drug-likeness (QED) is 0.883. The first kappa shape index (κ1) is 15.7. The third-order valence-electron chi connectivity index (χ3n) is 4.29. The van der Waals surface area contributed by atoms with Crippen LogP contribution in [0.3, 0.4) is 0 Å². The van der Waals surface area contributed by atoms with Gasteiger partial charge in [-0.2, -0.15) is 5.10 Å². The van der Waals surface area contributed by atoms with Gasteiger partial charge in [-0.1, -0.05) is 30.3 Å². The molecule has 0 aliphatic carbocycles. The van der Waals surface area contributed by atoms with E-state index in [9.17, 15) is 4.79 Å². The highest BCUT2D eigenvalue weighted by Gasteiger charge is 2.21. The van der Waals surface area contributed by atoms with Gasteiger partial charge in [-0.15, -0.1) is 0 Å². The Kier molecular flexibility index (Phi) is 5.42. The summed E-state index contributed by atoms with van der Waals surface area (Å²) in [6.45, 7) is 3.42. The molecule has 1 aromatic carbocycles. The molecule has 1 aliphatic rings. The van der Waals surface area contributed by atoms with Gasteiger partial charge in [0.2, 0.25) is 5.91 Å². The van der Waals surface area contributed by atoms with E-state index in [1.807, 2.05) is 12.3 Å². The zero-order valence-electron chi connectivity index (χ0n) is 13.4. The van der Waals surface area contributed by atoms with Crippen molar-refractivity contribution in [3.05, 3.63) is 54.4 Å². The number of nitrogens with one attached hydrogen (secondary N) is 1. The van der Waals surface area contributed by atoms with Crippen LogP contribution in [-0.2, 0) is 17.8 Å². The van der Waals surface area contributed by atoms with Crippen molar-refractivity contribution in [1.82, 2.24) is 20.0 Å². The number of piperidine rings is 1. The maximum absolute atomic E-state index is 12.1. The zero-order chi connectivity index (χ0) is 15.9. The van der Waals surface area contributed by atoms with Crippen molar-refractivity contribution >= 4 is 5.91 Å². The van der Waals surface area contributed by atoms with E-state index in [-0.39, 0.29) is 11.9 Å². The third-order valence-corrected chi connectivity index (χ3v) is 4.29. The van der Waals surface area contributed by atoms with Crippen LogP contribution in [-0.4, -0.2) is 46.3 Å². The molecule has 0 radical (unpaired) electrons. The molecule has 1 amide bonds. The van der Waals surface area contributed by atoms with Crippen LogP contribution in [0.5, 0.6) is 0 Å². The summed E-state index contributed by atoms with van der Waals surface area (Å²) < 4.78 is 1.66. The topological polar surface area (TPSA) is 50.2 Å². The average Bonchev–Trinajstić information content (AvgIpc) is 3.07. The fraction of sp³-hybridized carbons (Fsp3) is 0.444. The summed E-state index contributed by atoms with van der Waals surface area (Å²) in [6, 6.07) is 12.7. The molecule has 2 aromatic rings. The molecule has 1 unspecified atom stereocenters. The molecular weight excluding hydrogens is 288 g/mol. The maximum atomic E-state index is 12.1. The molecule has 1 saturated heterocycles. The van der Waals surface area contributed by atoms with E-state index in [0.29, 0.717) is 6.54 Å². The Hall–Kier alpha value is -2.14. The van der Waals surface area contributed by atoms with Crippen LogP contribution in [0.2, 0.25) is 0 Å². The number of hydrogen-bond acceptors (Lipinski definition) is 3. The second-order valence-electron chi connectivity index (χ2n) is 6.15. The molecule has 23 heavy (non-hydrogen) atoms. The zero-order valence-corrected chi connectivity index (χ0v) is 13.4. The summed E-state index contributed by atoms with van der Waals surface area (Å²) in [5.41, 5.74) is 1.37. The molecule has 1 N–H and O–H groups in total. The van der Waals surface area contributed by atoms with E-state index in [1.165, 1.54) is 5.56 Å². The normalized spacial score (nSPS) is 18.7. The number of amides is 1. The molecule has 1 atom stereocenters. The number of nitrogens with zero attached hydrogens (tertiary/aromatic N) is 3. The van der Waals surface area contributed by atoms with Crippen molar-refractivity contribution in [2.24, 2.45) is 0 Å². The highest BCUT2D eigenvalue weighted by molar-refractivity contribution is 5.75.